The predicted molar refractivity (Wildman–Crippen MR) is 82.7 cm³/mol. The fourth-order valence-corrected chi connectivity index (χ4v) is 2.85. The minimum atomic E-state index is -0.534. The standard InChI is InChI=1S/C15H21N5O4/c1-24-15(23)11-4-2-3-7-20(11)13(21)9-19-8-12(17-18-19)16-14(22)10-5-6-10/h8,10-11H,2-7,9H2,1H3,(H,16,22). The summed E-state index contributed by atoms with van der Waals surface area (Å²) in [4.78, 5) is 37.6. The molecule has 2 heterocycles. The summed E-state index contributed by atoms with van der Waals surface area (Å²) in [6, 6.07) is -0.534. The molecule has 1 atom stereocenters. The Morgan fingerprint density at radius 3 is 2.79 bits per heavy atom. The van der Waals surface area contributed by atoms with Crippen molar-refractivity contribution in [3.63, 3.8) is 0 Å². The van der Waals surface area contributed by atoms with E-state index in [0.29, 0.717) is 18.8 Å². The van der Waals surface area contributed by atoms with Gasteiger partial charge in [0.15, 0.2) is 5.82 Å². The van der Waals surface area contributed by atoms with E-state index >= 15 is 0 Å². The number of ether oxygens (including phenoxy) is 1. The topological polar surface area (TPSA) is 106 Å². The van der Waals surface area contributed by atoms with E-state index in [1.165, 1.54) is 18.0 Å². The highest BCUT2D eigenvalue weighted by molar-refractivity contribution is 5.93. The van der Waals surface area contributed by atoms with Gasteiger partial charge in [-0.25, -0.2) is 9.48 Å². The molecule has 0 radical (unpaired) electrons. The summed E-state index contributed by atoms with van der Waals surface area (Å²) in [6.07, 6.45) is 5.70. The van der Waals surface area contributed by atoms with Gasteiger partial charge in [-0.05, 0) is 32.1 Å². The highest BCUT2D eigenvalue weighted by Gasteiger charge is 2.33. The summed E-state index contributed by atoms with van der Waals surface area (Å²) < 4.78 is 6.15. The van der Waals surface area contributed by atoms with Gasteiger partial charge in [0.05, 0.1) is 13.3 Å². The molecule has 24 heavy (non-hydrogen) atoms. The number of nitrogens with one attached hydrogen (secondary N) is 1. The van der Waals surface area contributed by atoms with Crippen molar-refractivity contribution < 1.29 is 19.1 Å². The van der Waals surface area contributed by atoms with E-state index in [-0.39, 0.29) is 30.2 Å². The van der Waals surface area contributed by atoms with Crippen LogP contribution in [0.2, 0.25) is 0 Å². The molecule has 0 bridgehead atoms. The maximum Gasteiger partial charge on any atom is 0.328 e. The molecule has 1 unspecified atom stereocenters. The van der Waals surface area contributed by atoms with Crippen molar-refractivity contribution in [1.29, 1.82) is 0 Å². The first-order valence-corrected chi connectivity index (χ1v) is 8.17. The molecule has 0 spiro atoms. The molecule has 2 amide bonds. The van der Waals surface area contributed by atoms with Gasteiger partial charge in [-0.15, -0.1) is 5.10 Å². The third kappa shape index (κ3) is 3.72. The lowest BCUT2D eigenvalue weighted by Crippen LogP contribution is -2.49. The van der Waals surface area contributed by atoms with E-state index in [2.05, 4.69) is 15.6 Å². The number of hydrogen-bond acceptors (Lipinski definition) is 6. The first kappa shape index (κ1) is 16.4. The lowest BCUT2D eigenvalue weighted by atomic mass is 10.0. The van der Waals surface area contributed by atoms with Crippen molar-refractivity contribution in [2.24, 2.45) is 5.92 Å². The van der Waals surface area contributed by atoms with E-state index in [1.807, 2.05) is 0 Å². The van der Waals surface area contributed by atoms with Gasteiger partial charge in [0.2, 0.25) is 11.8 Å². The Kier molecular flexibility index (Phi) is 4.77. The molecule has 9 heteroatoms. The fourth-order valence-electron chi connectivity index (χ4n) is 2.85. The van der Waals surface area contributed by atoms with Crippen molar-refractivity contribution in [3.05, 3.63) is 6.20 Å². The van der Waals surface area contributed by atoms with Gasteiger partial charge in [-0.1, -0.05) is 5.21 Å². The Morgan fingerprint density at radius 2 is 2.08 bits per heavy atom. The van der Waals surface area contributed by atoms with Crippen molar-refractivity contribution in [2.75, 3.05) is 19.0 Å². The van der Waals surface area contributed by atoms with Crippen LogP contribution in [0.15, 0.2) is 6.20 Å². The Morgan fingerprint density at radius 1 is 1.29 bits per heavy atom. The second-order valence-electron chi connectivity index (χ2n) is 6.19. The number of rotatable bonds is 5. The number of hydrogen-bond donors (Lipinski definition) is 1. The number of piperidine rings is 1. The van der Waals surface area contributed by atoms with Crippen LogP contribution >= 0.6 is 0 Å². The van der Waals surface area contributed by atoms with Gasteiger partial charge >= 0.3 is 5.97 Å². The van der Waals surface area contributed by atoms with Crippen LogP contribution in [-0.4, -0.2) is 57.4 Å². The van der Waals surface area contributed by atoms with Crippen LogP contribution in [0.1, 0.15) is 32.1 Å². The van der Waals surface area contributed by atoms with E-state index in [1.54, 1.807) is 4.90 Å². The van der Waals surface area contributed by atoms with Gasteiger partial charge in [0.1, 0.15) is 12.6 Å². The lowest BCUT2D eigenvalue weighted by Gasteiger charge is -2.33. The molecule has 1 saturated heterocycles. The second-order valence-corrected chi connectivity index (χ2v) is 6.19. The summed E-state index contributed by atoms with van der Waals surface area (Å²) in [5, 5.41) is 10.4. The fraction of sp³-hybridized carbons (Fsp3) is 0.667. The minimum Gasteiger partial charge on any atom is -0.467 e. The smallest absolute Gasteiger partial charge is 0.328 e. The zero-order chi connectivity index (χ0) is 17.1. The highest BCUT2D eigenvalue weighted by atomic mass is 16.5. The van der Waals surface area contributed by atoms with Crippen LogP contribution in [0.3, 0.4) is 0 Å². The number of carbonyl (C=O) groups is 3. The number of carbonyl (C=O) groups excluding carboxylic acids is 3. The molecule has 0 aromatic carbocycles. The summed E-state index contributed by atoms with van der Waals surface area (Å²) in [7, 11) is 1.33. The van der Waals surface area contributed by atoms with Gasteiger partial charge in [0.25, 0.3) is 0 Å². The predicted octanol–water partition coefficient (Wildman–Crippen LogP) is 0.181. The molecule has 1 saturated carbocycles. The van der Waals surface area contributed by atoms with Gasteiger partial charge < -0.3 is 15.0 Å². The summed E-state index contributed by atoms with van der Waals surface area (Å²) in [5.74, 6) is -0.252. The number of esters is 1. The molecule has 2 fully saturated rings. The molecule has 130 valence electrons. The number of amides is 2. The SMILES string of the molecule is COC(=O)C1CCCCN1C(=O)Cn1cc(NC(=O)C2CC2)nn1. The molecule has 1 N–H and O–H groups in total. The Labute approximate surface area is 139 Å². The molecule has 2 aliphatic rings. The maximum absolute atomic E-state index is 12.5. The van der Waals surface area contributed by atoms with Crippen molar-refractivity contribution in [3.8, 4) is 0 Å². The molecule has 1 aliphatic carbocycles. The first-order valence-electron chi connectivity index (χ1n) is 8.17. The summed E-state index contributed by atoms with van der Waals surface area (Å²) in [6.45, 7) is 0.498. The van der Waals surface area contributed by atoms with Crippen molar-refractivity contribution >= 4 is 23.6 Å². The number of methoxy groups -OCH3 is 1. The molecule has 1 aliphatic heterocycles. The summed E-state index contributed by atoms with van der Waals surface area (Å²) in [5.41, 5.74) is 0. The quantitative estimate of drug-likeness (QED) is 0.769. The highest BCUT2D eigenvalue weighted by Crippen LogP contribution is 2.29. The average Bonchev–Trinajstić information content (AvgIpc) is 3.36. The van der Waals surface area contributed by atoms with E-state index < -0.39 is 6.04 Å². The monoisotopic (exact) mass is 335 g/mol. The first-order chi connectivity index (χ1) is 11.6. The van der Waals surface area contributed by atoms with Crippen molar-refractivity contribution in [2.45, 2.75) is 44.7 Å². The molecule has 9 nitrogen and oxygen atoms in total. The maximum atomic E-state index is 12.5. The molecule has 3 rings (SSSR count). The largest absolute Gasteiger partial charge is 0.467 e. The van der Waals surface area contributed by atoms with Gasteiger partial charge in [0, 0.05) is 12.5 Å². The lowest BCUT2D eigenvalue weighted by molar-refractivity contribution is -0.155. The Balaban J connectivity index is 1.60. The third-order valence-corrected chi connectivity index (χ3v) is 4.33. The number of aromatic nitrogens is 3. The van der Waals surface area contributed by atoms with Gasteiger partial charge in [-0.2, -0.15) is 0 Å². The minimum absolute atomic E-state index is 0.0280. The molecular weight excluding hydrogens is 314 g/mol. The van der Waals surface area contributed by atoms with Crippen LogP contribution in [0.25, 0.3) is 0 Å². The van der Waals surface area contributed by atoms with Crippen LogP contribution in [-0.2, 0) is 25.7 Å². The zero-order valence-corrected chi connectivity index (χ0v) is 13.6. The molecule has 1 aromatic rings. The Bertz CT molecular complexity index is 640. The van der Waals surface area contributed by atoms with Crippen LogP contribution in [0.4, 0.5) is 5.82 Å². The number of likely N-dealkylation sites (tertiary alicyclic amines) is 1. The second kappa shape index (κ2) is 6.98. The average molecular weight is 335 g/mol. The number of nitrogens with zero attached hydrogens (tertiary/aromatic N) is 4. The molecular formula is C15H21N5O4. The van der Waals surface area contributed by atoms with E-state index in [4.69, 9.17) is 4.74 Å². The number of anilines is 1. The van der Waals surface area contributed by atoms with E-state index in [0.717, 1.165) is 25.7 Å². The molecule has 1 aromatic heterocycles. The zero-order valence-electron chi connectivity index (χ0n) is 13.6. The van der Waals surface area contributed by atoms with Gasteiger partial charge in [-0.3, -0.25) is 9.59 Å². The van der Waals surface area contributed by atoms with Crippen LogP contribution in [0, 0.1) is 5.92 Å². The van der Waals surface area contributed by atoms with Crippen LogP contribution in [0.5, 0.6) is 0 Å². The normalized spacial score (nSPS) is 20.5. The van der Waals surface area contributed by atoms with Crippen molar-refractivity contribution in [1.82, 2.24) is 19.9 Å². The van der Waals surface area contributed by atoms with E-state index in [9.17, 15) is 14.4 Å². The summed E-state index contributed by atoms with van der Waals surface area (Å²) >= 11 is 0. The Hall–Kier alpha value is -2.45. The third-order valence-electron chi connectivity index (χ3n) is 4.33. The van der Waals surface area contributed by atoms with Crippen LogP contribution < -0.4 is 5.32 Å².